The molecule has 0 unspecified atom stereocenters. The third-order valence-corrected chi connectivity index (χ3v) is 23.9. The summed E-state index contributed by atoms with van der Waals surface area (Å²) in [5, 5.41) is 44.9. The van der Waals surface area contributed by atoms with Gasteiger partial charge in [0.2, 0.25) is 14.6 Å². The van der Waals surface area contributed by atoms with Crippen molar-refractivity contribution in [2.75, 3.05) is 31.3 Å². The van der Waals surface area contributed by atoms with Crippen molar-refractivity contribution < 1.29 is 34.5 Å². The van der Waals surface area contributed by atoms with Crippen LogP contribution in [0.4, 0.5) is 11.4 Å². The zero-order chi connectivity index (χ0) is 35.8. The van der Waals surface area contributed by atoms with Crippen molar-refractivity contribution in [3.63, 3.8) is 0 Å². The molecule has 0 radical (unpaired) electrons. The average Bonchev–Trinajstić information content (AvgIpc) is 3.77. The first-order valence-electron chi connectivity index (χ1n) is 16.3. The average molecular weight is 805 g/mol. The van der Waals surface area contributed by atoms with E-state index in [1.807, 2.05) is 56.3 Å². The van der Waals surface area contributed by atoms with E-state index in [4.69, 9.17) is 0 Å². The first-order chi connectivity index (χ1) is 24.3. The summed E-state index contributed by atoms with van der Waals surface area (Å²) in [5.41, 5.74) is -1.21. The maximum absolute atomic E-state index is 15.5. The van der Waals surface area contributed by atoms with Crippen molar-refractivity contribution in [3.8, 4) is 0 Å². The molecular formula is C32H32N6O7S6. The first-order valence-corrected chi connectivity index (χ1v) is 23.3. The summed E-state index contributed by atoms with van der Waals surface area (Å²) in [7, 11) is 10.3. The Balaban J connectivity index is 1.34. The van der Waals surface area contributed by atoms with Gasteiger partial charge in [-0.1, -0.05) is 50.2 Å². The molecule has 268 valence electrons. The SMILES string of the molecule is CC(C)[C@]12SSSS[C@]3(C(=O)N1C)[C@@H](O)[C@]1([C@@]45c6ccccc6N[C@H]4N4C(=O)[C@@]6(CO)SS[C@]4(C(=O)N6C)[C@H]5O)c4ccccc4N[C@@H]1N3C2=O. The smallest absolute Gasteiger partial charge is 0.265 e. The van der Waals surface area contributed by atoms with E-state index in [1.54, 1.807) is 13.1 Å². The molecule has 2 aromatic carbocycles. The monoisotopic (exact) mass is 804 g/mol. The van der Waals surface area contributed by atoms with Gasteiger partial charge in [-0.2, -0.15) is 0 Å². The number of carbonyl (C=O) groups is 4. The molecule has 10 aliphatic rings. The van der Waals surface area contributed by atoms with E-state index < -0.39 is 79.2 Å². The number of piperazine rings is 2. The fraction of sp³-hybridized carbons (Fsp3) is 0.500. The summed E-state index contributed by atoms with van der Waals surface area (Å²) in [5.74, 6) is -2.26. The Bertz CT molecular complexity index is 2020. The van der Waals surface area contributed by atoms with Crippen LogP contribution in [0.25, 0.3) is 0 Å². The van der Waals surface area contributed by atoms with Gasteiger partial charge in [-0.3, -0.25) is 29.0 Å². The van der Waals surface area contributed by atoms with Crippen molar-refractivity contribution in [3.05, 3.63) is 59.7 Å². The van der Waals surface area contributed by atoms with E-state index in [0.29, 0.717) is 22.5 Å². The Hall–Kier alpha value is -2.10. The molecule has 0 aromatic heterocycles. The molecular weight excluding hydrogens is 773 g/mol. The molecule has 8 fully saturated rings. The number of rotatable bonds is 3. The van der Waals surface area contributed by atoms with Crippen molar-refractivity contribution in [2.24, 2.45) is 5.92 Å². The summed E-state index contributed by atoms with van der Waals surface area (Å²) in [6.45, 7) is 3.14. The Kier molecular flexibility index (Phi) is 6.66. The molecule has 10 aliphatic heterocycles. The fourth-order valence-corrected chi connectivity index (χ4v) is 22.3. The molecule has 0 aliphatic carbocycles. The molecule has 2 spiro atoms. The van der Waals surface area contributed by atoms with Crippen LogP contribution in [0.3, 0.4) is 0 Å². The van der Waals surface area contributed by atoms with Crippen molar-refractivity contribution >= 4 is 97.8 Å². The van der Waals surface area contributed by atoms with Crippen molar-refractivity contribution in [1.82, 2.24) is 19.6 Å². The van der Waals surface area contributed by atoms with Crippen LogP contribution in [0.2, 0.25) is 0 Å². The molecule has 0 saturated carbocycles. The summed E-state index contributed by atoms with van der Waals surface area (Å²) in [6, 6.07) is 14.6. The van der Waals surface area contributed by atoms with Gasteiger partial charge in [0.15, 0.2) is 4.87 Å². The van der Waals surface area contributed by atoms with Crippen LogP contribution >= 0.6 is 62.8 Å². The van der Waals surface area contributed by atoms with Crippen LogP contribution in [-0.4, -0.2) is 123 Å². The number of para-hydroxylation sites is 2. The third-order valence-electron chi connectivity index (χ3n) is 12.7. The maximum Gasteiger partial charge on any atom is 0.265 e. The number of carbonyl (C=O) groups excluding carboxylic acids is 4. The number of anilines is 2. The predicted molar refractivity (Wildman–Crippen MR) is 201 cm³/mol. The van der Waals surface area contributed by atoms with Gasteiger partial charge in [-0.15, -0.1) is 0 Å². The lowest BCUT2D eigenvalue weighted by atomic mass is 9.52. The van der Waals surface area contributed by atoms with Gasteiger partial charge in [0.25, 0.3) is 23.6 Å². The Labute approximate surface area is 315 Å². The largest absolute Gasteiger partial charge is 0.392 e. The molecule has 13 nitrogen and oxygen atoms in total. The maximum atomic E-state index is 15.5. The number of likely N-dealkylation sites (N-methyl/N-ethyl adjacent to an activating group) is 2. The van der Waals surface area contributed by atoms with Crippen LogP contribution in [0.1, 0.15) is 25.0 Å². The molecule has 4 bridgehead atoms. The predicted octanol–water partition coefficient (Wildman–Crippen LogP) is 2.24. The normalized spacial score (nSPS) is 44.2. The minimum absolute atomic E-state index is 0.330. The number of aliphatic hydroxyl groups is 3. The van der Waals surface area contributed by atoms with Crippen LogP contribution < -0.4 is 10.6 Å². The lowest BCUT2D eigenvalue weighted by Gasteiger charge is -2.58. The number of hydrogen-bond acceptors (Lipinski definition) is 15. The highest BCUT2D eigenvalue weighted by Gasteiger charge is 2.92. The van der Waals surface area contributed by atoms with Crippen LogP contribution in [0.5, 0.6) is 0 Å². The molecule has 8 saturated heterocycles. The second-order valence-corrected chi connectivity index (χ2v) is 23.2. The van der Waals surface area contributed by atoms with E-state index in [2.05, 4.69) is 10.6 Å². The molecule has 10 atom stereocenters. The van der Waals surface area contributed by atoms with E-state index in [9.17, 15) is 24.9 Å². The molecule has 51 heavy (non-hydrogen) atoms. The number of amides is 4. The Morgan fingerprint density at radius 3 is 1.73 bits per heavy atom. The Morgan fingerprint density at radius 1 is 0.686 bits per heavy atom. The van der Waals surface area contributed by atoms with Crippen molar-refractivity contribution in [1.29, 1.82) is 0 Å². The number of aliphatic hydroxyl groups excluding tert-OH is 3. The van der Waals surface area contributed by atoms with Crippen LogP contribution in [0, 0.1) is 5.92 Å². The van der Waals surface area contributed by atoms with Gasteiger partial charge in [-0.25, -0.2) is 0 Å². The summed E-state index contributed by atoms with van der Waals surface area (Å²) < 4.78 is 0. The highest BCUT2D eigenvalue weighted by molar-refractivity contribution is 9.26. The fourth-order valence-electron chi connectivity index (χ4n) is 10.5. The Morgan fingerprint density at radius 2 is 1.18 bits per heavy atom. The highest BCUT2D eigenvalue weighted by Crippen LogP contribution is 2.78. The number of nitrogens with one attached hydrogen (secondary N) is 2. The molecule has 4 amide bonds. The van der Waals surface area contributed by atoms with Gasteiger partial charge < -0.3 is 35.8 Å². The number of benzene rings is 2. The first kappa shape index (κ1) is 33.5. The molecule has 10 heterocycles. The van der Waals surface area contributed by atoms with E-state index >= 15 is 9.59 Å². The standard InChI is InChI=1S/C32H32N6O7S6/c1-14(2)30-26(45)38-22-29(16-10-6-8-12-18(16)34-22,20(41)32(38,25(44)36(30)4)49-51-50-48-30)28-15-9-5-7-11-17(15)33-21(28)37-23(42)27(13-39)35(3)24(43)31(37,19(28)40)47-46-27/h5-12,14,19-22,33-34,39-41H,13H2,1-4H3/t19-,20-,21-,22+,27+,28+,29+,30+,31-,32-/m0/s1. The molecule has 12 rings (SSSR count). The summed E-state index contributed by atoms with van der Waals surface area (Å²) in [6.07, 6.45) is -5.63. The van der Waals surface area contributed by atoms with Gasteiger partial charge in [-0.05, 0) is 92.0 Å². The lowest BCUT2D eigenvalue weighted by molar-refractivity contribution is -0.169. The van der Waals surface area contributed by atoms with E-state index in [1.165, 1.54) is 57.1 Å². The minimum atomic E-state index is -1.89. The van der Waals surface area contributed by atoms with Crippen LogP contribution in [-0.2, 0) is 30.0 Å². The quantitative estimate of drug-likeness (QED) is 0.287. The third kappa shape index (κ3) is 3.05. The van der Waals surface area contributed by atoms with Crippen molar-refractivity contribution in [2.45, 2.75) is 68.7 Å². The lowest BCUT2D eigenvalue weighted by Crippen LogP contribution is -2.79. The van der Waals surface area contributed by atoms with Gasteiger partial charge in [0.05, 0.1) is 17.4 Å². The summed E-state index contributed by atoms with van der Waals surface area (Å²) >= 11 is 0. The molecule has 2 aromatic rings. The van der Waals surface area contributed by atoms with E-state index in [0.717, 1.165) is 32.4 Å². The molecule has 5 N–H and O–H groups in total. The number of nitrogens with zero attached hydrogens (tertiary/aromatic N) is 4. The van der Waals surface area contributed by atoms with Gasteiger partial charge in [0.1, 0.15) is 24.5 Å². The van der Waals surface area contributed by atoms with Gasteiger partial charge in [0, 0.05) is 25.5 Å². The summed E-state index contributed by atoms with van der Waals surface area (Å²) in [4.78, 5) is 59.2. The second kappa shape index (κ2) is 10.1. The topological polar surface area (TPSA) is 166 Å². The number of hydrogen-bond donors (Lipinski definition) is 5. The van der Waals surface area contributed by atoms with Crippen LogP contribution in [0.15, 0.2) is 48.5 Å². The minimum Gasteiger partial charge on any atom is -0.392 e. The highest BCUT2D eigenvalue weighted by atomic mass is 33.7. The zero-order valence-corrected chi connectivity index (χ0v) is 32.3. The zero-order valence-electron chi connectivity index (χ0n) is 27.4. The second-order valence-electron chi connectivity index (χ2n) is 14.5. The van der Waals surface area contributed by atoms with Gasteiger partial charge >= 0.3 is 0 Å². The van der Waals surface area contributed by atoms with E-state index in [-0.39, 0.29) is 11.8 Å². The molecule has 19 heteroatoms. The number of fused-ring (bicyclic) bond motifs is 13.